The van der Waals surface area contributed by atoms with Gasteiger partial charge in [-0.3, -0.25) is 14.9 Å². The van der Waals surface area contributed by atoms with Crippen LogP contribution in [0.1, 0.15) is 6.92 Å². The zero-order valence-corrected chi connectivity index (χ0v) is 12.1. The van der Waals surface area contributed by atoms with Gasteiger partial charge in [0.2, 0.25) is 5.91 Å². The normalized spacial score (nSPS) is 10.3. The summed E-state index contributed by atoms with van der Waals surface area (Å²) in [7, 11) is 0. The van der Waals surface area contributed by atoms with Gasteiger partial charge in [-0.25, -0.2) is 4.98 Å². The number of nitro groups is 1. The topological polar surface area (TPSA) is 97.2 Å². The summed E-state index contributed by atoms with van der Waals surface area (Å²) in [5, 5.41) is 18.5. The highest BCUT2D eigenvalue weighted by Crippen LogP contribution is 2.26. The van der Waals surface area contributed by atoms with E-state index in [-0.39, 0.29) is 18.1 Å². The molecule has 0 radical (unpaired) electrons. The summed E-state index contributed by atoms with van der Waals surface area (Å²) in [6.45, 7) is 2.88. The number of aromatic nitrogens is 1. The Labute approximate surface area is 125 Å². The van der Waals surface area contributed by atoms with E-state index in [4.69, 9.17) is 0 Å². The molecule has 0 bridgehead atoms. The Kier molecular flexibility index (Phi) is 4.96. The van der Waals surface area contributed by atoms with Crippen molar-refractivity contribution in [3.05, 3.63) is 39.8 Å². The molecule has 2 N–H and O–H groups in total. The molecule has 0 aliphatic heterocycles. The molecule has 0 atom stereocenters. The van der Waals surface area contributed by atoms with Crippen LogP contribution in [0, 0.1) is 10.1 Å². The van der Waals surface area contributed by atoms with Crippen LogP contribution in [0.4, 0.5) is 10.8 Å². The number of nitrogens with one attached hydrogen (secondary N) is 2. The fourth-order valence-corrected chi connectivity index (χ4v) is 2.36. The average Bonchev–Trinajstić information content (AvgIpc) is 2.93. The first kappa shape index (κ1) is 15.1. The van der Waals surface area contributed by atoms with Crippen molar-refractivity contribution in [3.63, 3.8) is 0 Å². The van der Waals surface area contributed by atoms with Gasteiger partial charge in [-0.15, -0.1) is 11.3 Å². The van der Waals surface area contributed by atoms with Crippen LogP contribution in [0.2, 0.25) is 0 Å². The molecule has 2 rings (SSSR count). The first-order chi connectivity index (χ1) is 10.1. The van der Waals surface area contributed by atoms with E-state index in [1.54, 1.807) is 17.5 Å². The molecule has 110 valence electrons. The number of anilines is 1. The number of likely N-dealkylation sites (N-methyl/N-ethyl adjacent to an activating group) is 1. The fourth-order valence-electron chi connectivity index (χ4n) is 1.62. The quantitative estimate of drug-likeness (QED) is 0.630. The van der Waals surface area contributed by atoms with Gasteiger partial charge in [0.25, 0.3) is 5.69 Å². The predicted octanol–water partition coefficient (Wildman–Crippen LogP) is 2.27. The van der Waals surface area contributed by atoms with Gasteiger partial charge in [0.1, 0.15) is 0 Å². The van der Waals surface area contributed by atoms with Crippen molar-refractivity contribution >= 4 is 28.1 Å². The van der Waals surface area contributed by atoms with Gasteiger partial charge in [0.15, 0.2) is 5.13 Å². The largest absolute Gasteiger partial charge is 0.309 e. The van der Waals surface area contributed by atoms with Crippen molar-refractivity contribution in [2.75, 3.05) is 18.4 Å². The molecule has 1 amide bonds. The zero-order valence-electron chi connectivity index (χ0n) is 11.3. The van der Waals surface area contributed by atoms with Gasteiger partial charge in [-0.2, -0.15) is 0 Å². The molecule has 0 saturated carbocycles. The third-order valence-electron chi connectivity index (χ3n) is 2.66. The van der Waals surface area contributed by atoms with Gasteiger partial charge in [0.05, 0.1) is 17.2 Å². The highest BCUT2D eigenvalue weighted by Gasteiger charge is 2.09. The van der Waals surface area contributed by atoms with E-state index in [1.165, 1.54) is 23.5 Å². The molecule has 8 heteroatoms. The molecule has 1 aromatic carbocycles. The minimum atomic E-state index is -0.447. The number of carbonyl (C=O) groups excluding carboxylic acids is 1. The molecule has 0 aliphatic carbocycles. The number of hydrogen-bond donors (Lipinski definition) is 2. The molecule has 7 nitrogen and oxygen atoms in total. The number of nitro benzene ring substituents is 1. The van der Waals surface area contributed by atoms with Crippen molar-refractivity contribution in [1.82, 2.24) is 10.3 Å². The minimum absolute atomic E-state index is 0.0353. The summed E-state index contributed by atoms with van der Waals surface area (Å²) in [6.07, 6.45) is 0. The van der Waals surface area contributed by atoms with Gasteiger partial charge < -0.3 is 10.6 Å². The van der Waals surface area contributed by atoms with Crippen molar-refractivity contribution in [1.29, 1.82) is 0 Å². The van der Waals surface area contributed by atoms with Crippen molar-refractivity contribution < 1.29 is 9.72 Å². The van der Waals surface area contributed by atoms with Crippen LogP contribution in [-0.2, 0) is 4.79 Å². The predicted molar refractivity (Wildman–Crippen MR) is 81.4 cm³/mol. The zero-order chi connectivity index (χ0) is 15.2. The summed E-state index contributed by atoms with van der Waals surface area (Å²) in [5.74, 6) is -0.151. The van der Waals surface area contributed by atoms with E-state index in [2.05, 4.69) is 15.6 Å². The summed E-state index contributed by atoms with van der Waals surface area (Å²) in [4.78, 5) is 26.0. The second-order valence-electron chi connectivity index (χ2n) is 4.17. The van der Waals surface area contributed by atoms with Crippen LogP contribution >= 0.6 is 11.3 Å². The molecule has 1 heterocycles. The number of nitrogens with zero attached hydrogens (tertiary/aromatic N) is 2. The summed E-state index contributed by atoms with van der Waals surface area (Å²) in [5.41, 5.74) is 1.48. The van der Waals surface area contributed by atoms with Crippen LogP contribution in [0.5, 0.6) is 0 Å². The lowest BCUT2D eigenvalue weighted by Crippen LogP contribution is -2.27. The third kappa shape index (κ3) is 4.07. The number of rotatable bonds is 6. The van der Waals surface area contributed by atoms with Gasteiger partial charge in [-0.1, -0.05) is 6.92 Å². The molecule has 0 aliphatic rings. The van der Waals surface area contributed by atoms with Gasteiger partial charge in [0, 0.05) is 23.1 Å². The van der Waals surface area contributed by atoms with Crippen molar-refractivity contribution in [3.8, 4) is 11.3 Å². The number of non-ortho nitro benzene ring substituents is 1. The maximum Gasteiger partial charge on any atom is 0.269 e. The van der Waals surface area contributed by atoms with E-state index in [9.17, 15) is 14.9 Å². The SMILES string of the molecule is CCNCC(=O)Nc1nc(-c2ccc([N+](=O)[O-])cc2)cs1. The lowest BCUT2D eigenvalue weighted by atomic mass is 10.1. The fraction of sp³-hybridized carbons (Fsp3) is 0.231. The number of hydrogen-bond acceptors (Lipinski definition) is 6. The van der Waals surface area contributed by atoms with Gasteiger partial charge in [-0.05, 0) is 18.7 Å². The maximum atomic E-state index is 11.6. The van der Waals surface area contributed by atoms with E-state index < -0.39 is 4.92 Å². The Hall–Kier alpha value is -2.32. The van der Waals surface area contributed by atoms with Crippen LogP contribution in [0.25, 0.3) is 11.3 Å². The second-order valence-corrected chi connectivity index (χ2v) is 5.03. The van der Waals surface area contributed by atoms with E-state index in [1.807, 2.05) is 6.92 Å². The standard InChI is InChI=1S/C13H14N4O3S/c1-2-14-7-12(18)16-13-15-11(8-21-13)9-3-5-10(6-4-9)17(19)20/h3-6,8,14H,2,7H2,1H3,(H,15,16,18). The van der Waals surface area contributed by atoms with Crippen LogP contribution in [0.15, 0.2) is 29.6 Å². The number of carbonyl (C=O) groups is 1. The highest BCUT2D eigenvalue weighted by atomic mass is 32.1. The minimum Gasteiger partial charge on any atom is -0.309 e. The number of benzene rings is 1. The maximum absolute atomic E-state index is 11.6. The monoisotopic (exact) mass is 306 g/mol. The lowest BCUT2D eigenvalue weighted by molar-refractivity contribution is -0.384. The van der Waals surface area contributed by atoms with Crippen molar-refractivity contribution in [2.45, 2.75) is 6.92 Å². The molecule has 0 fully saturated rings. The first-order valence-corrected chi connectivity index (χ1v) is 7.19. The summed E-state index contributed by atoms with van der Waals surface area (Å²) < 4.78 is 0. The molecule has 21 heavy (non-hydrogen) atoms. The molecule has 1 aromatic heterocycles. The van der Waals surface area contributed by atoms with E-state index in [0.717, 1.165) is 12.1 Å². The lowest BCUT2D eigenvalue weighted by Gasteiger charge is -2.01. The summed E-state index contributed by atoms with van der Waals surface area (Å²) >= 11 is 1.31. The van der Waals surface area contributed by atoms with Gasteiger partial charge >= 0.3 is 0 Å². The molecule has 0 spiro atoms. The highest BCUT2D eigenvalue weighted by molar-refractivity contribution is 7.14. The Morgan fingerprint density at radius 2 is 2.10 bits per heavy atom. The number of amides is 1. The molecule has 0 unspecified atom stereocenters. The molecule has 2 aromatic rings. The Balaban J connectivity index is 2.05. The number of thiazole rings is 1. The van der Waals surface area contributed by atoms with E-state index >= 15 is 0 Å². The second kappa shape index (κ2) is 6.91. The average molecular weight is 306 g/mol. The third-order valence-corrected chi connectivity index (χ3v) is 3.42. The van der Waals surface area contributed by atoms with Crippen LogP contribution < -0.4 is 10.6 Å². The molecule has 0 saturated heterocycles. The first-order valence-electron chi connectivity index (χ1n) is 6.31. The Morgan fingerprint density at radius 3 is 2.71 bits per heavy atom. The van der Waals surface area contributed by atoms with E-state index in [0.29, 0.717) is 10.8 Å². The summed E-state index contributed by atoms with van der Waals surface area (Å²) in [6, 6.07) is 6.13. The molecular weight excluding hydrogens is 292 g/mol. The van der Waals surface area contributed by atoms with Crippen LogP contribution in [0.3, 0.4) is 0 Å². The van der Waals surface area contributed by atoms with Crippen LogP contribution in [-0.4, -0.2) is 28.9 Å². The Morgan fingerprint density at radius 1 is 1.38 bits per heavy atom. The smallest absolute Gasteiger partial charge is 0.269 e. The molecular formula is C13H14N4O3S. The van der Waals surface area contributed by atoms with Crippen molar-refractivity contribution in [2.24, 2.45) is 0 Å². The Bertz CT molecular complexity index is 639.